The number of aliphatic hydroxyl groups is 1. The first-order valence-electron chi connectivity index (χ1n) is 5.55. The van der Waals surface area contributed by atoms with Crippen molar-refractivity contribution in [3.63, 3.8) is 0 Å². The zero-order chi connectivity index (χ0) is 14.0. The Labute approximate surface area is 123 Å². The van der Waals surface area contributed by atoms with Crippen molar-refractivity contribution in [2.45, 2.75) is 12.5 Å². The number of aliphatic hydroxyl groups excluding tert-OH is 1. The molecule has 100 valence electrons. The largest absolute Gasteiger partial charge is 0.388 e. The van der Waals surface area contributed by atoms with Crippen molar-refractivity contribution in [1.82, 2.24) is 0 Å². The van der Waals surface area contributed by atoms with E-state index in [1.807, 2.05) is 0 Å². The van der Waals surface area contributed by atoms with Crippen LogP contribution >= 0.6 is 27.5 Å². The summed E-state index contributed by atoms with van der Waals surface area (Å²) in [5.74, 6) is -1.07. The van der Waals surface area contributed by atoms with Gasteiger partial charge in [0.15, 0.2) is 0 Å². The van der Waals surface area contributed by atoms with Crippen molar-refractivity contribution in [1.29, 1.82) is 0 Å². The summed E-state index contributed by atoms with van der Waals surface area (Å²) in [6.07, 6.45) is -1.04. The third kappa shape index (κ3) is 3.32. The lowest BCUT2D eigenvalue weighted by atomic mass is 10.0. The Morgan fingerprint density at radius 2 is 1.89 bits per heavy atom. The number of halogens is 4. The van der Waals surface area contributed by atoms with E-state index in [2.05, 4.69) is 15.9 Å². The van der Waals surface area contributed by atoms with E-state index in [0.717, 1.165) is 0 Å². The van der Waals surface area contributed by atoms with Crippen LogP contribution in [0.25, 0.3) is 0 Å². The average Bonchev–Trinajstić information content (AvgIpc) is 2.38. The SMILES string of the molecule is OC(Cc1cccc(F)c1Cl)c1cc(Br)ccc1F. The average molecular weight is 348 g/mol. The second kappa shape index (κ2) is 5.99. The highest BCUT2D eigenvalue weighted by Gasteiger charge is 2.16. The van der Waals surface area contributed by atoms with E-state index in [4.69, 9.17) is 11.6 Å². The van der Waals surface area contributed by atoms with Crippen LogP contribution < -0.4 is 0 Å². The number of hydrogen-bond acceptors (Lipinski definition) is 1. The third-order valence-corrected chi connectivity index (χ3v) is 3.68. The first-order valence-corrected chi connectivity index (χ1v) is 6.72. The van der Waals surface area contributed by atoms with Crippen LogP contribution in [0.4, 0.5) is 8.78 Å². The van der Waals surface area contributed by atoms with Crippen LogP contribution in [-0.4, -0.2) is 5.11 Å². The lowest BCUT2D eigenvalue weighted by Crippen LogP contribution is -2.05. The highest BCUT2D eigenvalue weighted by Crippen LogP contribution is 2.28. The maximum Gasteiger partial charge on any atom is 0.142 e. The molecule has 2 rings (SSSR count). The van der Waals surface area contributed by atoms with Gasteiger partial charge in [-0.25, -0.2) is 8.78 Å². The smallest absolute Gasteiger partial charge is 0.142 e. The minimum absolute atomic E-state index is 0.0445. The molecule has 1 nitrogen and oxygen atoms in total. The summed E-state index contributed by atoms with van der Waals surface area (Å²) < 4.78 is 27.6. The molecule has 0 aliphatic carbocycles. The van der Waals surface area contributed by atoms with Crippen LogP contribution in [0.2, 0.25) is 5.02 Å². The molecule has 0 fully saturated rings. The Morgan fingerprint density at radius 3 is 2.63 bits per heavy atom. The van der Waals surface area contributed by atoms with Gasteiger partial charge in [-0.15, -0.1) is 0 Å². The van der Waals surface area contributed by atoms with E-state index in [0.29, 0.717) is 10.0 Å². The van der Waals surface area contributed by atoms with Gasteiger partial charge < -0.3 is 5.11 Å². The molecule has 19 heavy (non-hydrogen) atoms. The molecule has 0 bridgehead atoms. The predicted molar refractivity (Wildman–Crippen MR) is 74.2 cm³/mol. The zero-order valence-electron chi connectivity index (χ0n) is 9.71. The third-order valence-electron chi connectivity index (χ3n) is 2.76. The van der Waals surface area contributed by atoms with Crippen LogP contribution in [0.15, 0.2) is 40.9 Å². The van der Waals surface area contributed by atoms with E-state index in [1.54, 1.807) is 12.1 Å². The van der Waals surface area contributed by atoms with Crippen LogP contribution in [-0.2, 0) is 6.42 Å². The minimum atomic E-state index is -1.09. The molecule has 0 aliphatic rings. The minimum Gasteiger partial charge on any atom is -0.388 e. The Balaban J connectivity index is 2.28. The molecule has 1 atom stereocenters. The number of benzene rings is 2. The fourth-order valence-corrected chi connectivity index (χ4v) is 2.38. The lowest BCUT2D eigenvalue weighted by Gasteiger charge is -2.13. The summed E-state index contributed by atoms with van der Waals surface area (Å²) in [6, 6.07) is 8.63. The fourth-order valence-electron chi connectivity index (χ4n) is 1.79. The van der Waals surface area contributed by atoms with Gasteiger partial charge in [0.25, 0.3) is 0 Å². The van der Waals surface area contributed by atoms with Crippen molar-refractivity contribution in [3.05, 3.63) is 68.7 Å². The van der Waals surface area contributed by atoms with Gasteiger partial charge in [0.05, 0.1) is 11.1 Å². The molecule has 0 saturated carbocycles. The Hall–Kier alpha value is -0.970. The number of rotatable bonds is 3. The summed E-state index contributed by atoms with van der Waals surface area (Å²) in [5.41, 5.74) is 0.586. The molecule has 0 amide bonds. The molecule has 0 saturated heterocycles. The summed E-state index contributed by atoms with van der Waals surface area (Å²) >= 11 is 9.02. The zero-order valence-corrected chi connectivity index (χ0v) is 12.0. The Morgan fingerprint density at radius 1 is 1.16 bits per heavy atom. The highest BCUT2D eigenvalue weighted by atomic mass is 79.9. The van der Waals surface area contributed by atoms with E-state index in [-0.39, 0.29) is 17.0 Å². The molecule has 1 N–H and O–H groups in total. The molecular weight excluding hydrogens is 338 g/mol. The first-order chi connectivity index (χ1) is 8.99. The molecule has 2 aromatic carbocycles. The lowest BCUT2D eigenvalue weighted by molar-refractivity contribution is 0.173. The van der Waals surface area contributed by atoms with Gasteiger partial charge in [0.1, 0.15) is 11.6 Å². The number of hydrogen-bond donors (Lipinski definition) is 1. The van der Waals surface area contributed by atoms with E-state index >= 15 is 0 Å². The molecule has 0 radical (unpaired) electrons. The van der Waals surface area contributed by atoms with E-state index in [9.17, 15) is 13.9 Å². The molecule has 0 aromatic heterocycles. The fraction of sp³-hybridized carbons (Fsp3) is 0.143. The van der Waals surface area contributed by atoms with Gasteiger partial charge >= 0.3 is 0 Å². The van der Waals surface area contributed by atoms with Crippen molar-refractivity contribution < 1.29 is 13.9 Å². The summed E-state index contributed by atoms with van der Waals surface area (Å²) in [7, 11) is 0. The molecule has 1 unspecified atom stereocenters. The van der Waals surface area contributed by atoms with Gasteiger partial charge in [0.2, 0.25) is 0 Å². The summed E-state index contributed by atoms with van der Waals surface area (Å²) in [6.45, 7) is 0. The Bertz CT molecular complexity index is 604. The van der Waals surface area contributed by atoms with Gasteiger partial charge in [0, 0.05) is 16.5 Å². The molecule has 5 heteroatoms. The van der Waals surface area contributed by atoms with Crippen molar-refractivity contribution in [2.24, 2.45) is 0 Å². The maximum atomic E-state index is 13.6. The van der Waals surface area contributed by atoms with Crippen molar-refractivity contribution in [2.75, 3.05) is 0 Å². The second-order valence-electron chi connectivity index (χ2n) is 4.10. The van der Waals surface area contributed by atoms with Gasteiger partial charge in [-0.3, -0.25) is 0 Å². The van der Waals surface area contributed by atoms with Crippen LogP contribution in [0, 0.1) is 11.6 Å². The van der Waals surface area contributed by atoms with Gasteiger partial charge in [-0.05, 0) is 29.8 Å². The van der Waals surface area contributed by atoms with Crippen LogP contribution in [0.1, 0.15) is 17.2 Å². The molecule has 0 spiro atoms. The molecule has 0 aliphatic heterocycles. The van der Waals surface area contributed by atoms with Crippen molar-refractivity contribution >= 4 is 27.5 Å². The topological polar surface area (TPSA) is 20.2 Å². The van der Waals surface area contributed by atoms with Crippen molar-refractivity contribution in [3.8, 4) is 0 Å². The highest BCUT2D eigenvalue weighted by molar-refractivity contribution is 9.10. The van der Waals surface area contributed by atoms with E-state index in [1.165, 1.54) is 24.3 Å². The van der Waals surface area contributed by atoms with Crippen LogP contribution in [0.3, 0.4) is 0 Å². The summed E-state index contributed by atoms with van der Waals surface area (Å²) in [4.78, 5) is 0. The van der Waals surface area contributed by atoms with E-state index < -0.39 is 17.7 Å². The quantitative estimate of drug-likeness (QED) is 0.856. The van der Waals surface area contributed by atoms with Gasteiger partial charge in [-0.2, -0.15) is 0 Å². The standard InChI is InChI=1S/C14H10BrClF2O/c15-9-4-5-11(17)10(7-9)13(19)6-8-2-1-3-12(18)14(8)16/h1-5,7,13,19H,6H2. The Kier molecular flexibility index (Phi) is 4.55. The van der Waals surface area contributed by atoms with Gasteiger partial charge in [-0.1, -0.05) is 39.7 Å². The maximum absolute atomic E-state index is 13.6. The molecule has 0 heterocycles. The van der Waals surface area contributed by atoms with Crippen LogP contribution in [0.5, 0.6) is 0 Å². The second-order valence-corrected chi connectivity index (χ2v) is 5.39. The first kappa shape index (κ1) is 14.4. The normalized spacial score (nSPS) is 12.5. The molecule has 2 aromatic rings. The monoisotopic (exact) mass is 346 g/mol. The summed E-state index contributed by atoms with van der Waals surface area (Å²) in [5, 5.41) is 10.0. The predicted octanol–water partition coefficient (Wildman–Crippen LogP) is 4.66. The molecular formula is C14H10BrClF2O.